The van der Waals surface area contributed by atoms with Gasteiger partial charge in [-0.3, -0.25) is 37.3 Å². The molecule has 0 bridgehead atoms. The van der Waals surface area contributed by atoms with Gasteiger partial charge in [0.1, 0.15) is 19.3 Å². The third-order valence-corrected chi connectivity index (χ3v) is 20.3. The molecule has 0 aliphatic rings. The highest BCUT2D eigenvalue weighted by atomic mass is 31.2. The number of aliphatic hydroxyl groups excluding tert-OH is 1. The quantitative estimate of drug-likeness (QED) is 0.0222. The fourth-order valence-corrected chi connectivity index (χ4v) is 13.1. The molecule has 3 N–H and O–H groups in total. The molecule has 0 radical (unpaired) electrons. The van der Waals surface area contributed by atoms with Gasteiger partial charge >= 0.3 is 39.5 Å². The monoisotopic (exact) mass is 1400 g/mol. The smallest absolute Gasteiger partial charge is 0.462 e. The van der Waals surface area contributed by atoms with Gasteiger partial charge in [0.15, 0.2) is 12.2 Å². The zero-order chi connectivity index (χ0) is 70.1. The predicted molar refractivity (Wildman–Crippen MR) is 386 cm³/mol. The number of unbranched alkanes of at least 4 members (excludes halogenated alkanes) is 40. The number of ether oxygens (including phenoxy) is 4. The van der Waals surface area contributed by atoms with Gasteiger partial charge in [0.25, 0.3) is 0 Å². The lowest BCUT2D eigenvalue weighted by Crippen LogP contribution is -2.30. The zero-order valence-electron chi connectivity index (χ0n) is 62.1. The van der Waals surface area contributed by atoms with Crippen LogP contribution >= 0.6 is 15.6 Å². The number of rotatable bonds is 74. The molecule has 564 valence electrons. The summed E-state index contributed by atoms with van der Waals surface area (Å²) in [5, 5.41) is 10.6. The van der Waals surface area contributed by atoms with Crippen molar-refractivity contribution in [1.82, 2.24) is 0 Å². The van der Waals surface area contributed by atoms with Crippen molar-refractivity contribution in [3.63, 3.8) is 0 Å². The van der Waals surface area contributed by atoms with Gasteiger partial charge in [0.05, 0.1) is 26.4 Å². The van der Waals surface area contributed by atoms with Crippen molar-refractivity contribution in [3.8, 4) is 0 Å². The minimum Gasteiger partial charge on any atom is -0.462 e. The van der Waals surface area contributed by atoms with Crippen molar-refractivity contribution in [2.24, 2.45) is 17.8 Å². The highest BCUT2D eigenvalue weighted by Crippen LogP contribution is 2.45. The first kappa shape index (κ1) is 93.1. The van der Waals surface area contributed by atoms with Crippen LogP contribution in [0.25, 0.3) is 0 Å². The van der Waals surface area contributed by atoms with Gasteiger partial charge in [-0.25, -0.2) is 9.13 Å². The highest BCUT2D eigenvalue weighted by molar-refractivity contribution is 7.47. The molecule has 0 amide bonds. The third kappa shape index (κ3) is 67.6. The molecule has 7 atom stereocenters. The minimum atomic E-state index is -4.96. The average molecular weight is 1400 g/mol. The summed E-state index contributed by atoms with van der Waals surface area (Å²) in [6, 6.07) is 0. The van der Waals surface area contributed by atoms with Gasteiger partial charge in [0.2, 0.25) is 0 Å². The summed E-state index contributed by atoms with van der Waals surface area (Å²) in [7, 11) is -9.91. The second kappa shape index (κ2) is 66.6. The molecule has 0 spiro atoms. The summed E-state index contributed by atoms with van der Waals surface area (Å²) in [5.41, 5.74) is 0. The molecule has 0 aromatic rings. The van der Waals surface area contributed by atoms with Crippen molar-refractivity contribution in [1.29, 1.82) is 0 Å². The Morgan fingerprint density at radius 2 is 0.537 bits per heavy atom. The van der Waals surface area contributed by atoms with E-state index in [9.17, 15) is 43.2 Å². The summed E-state index contributed by atoms with van der Waals surface area (Å²) in [4.78, 5) is 72.8. The first-order valence-corrected chi connectivity index (χ1v) is 42.4. The van der Waals surface area contributed by atoms with Crippen LogP contribution in [-0.2, 0) is 65.4 Å². The van der Waals surface area contributed by atoms with E-state index in [4.69, 9.17) is 37.0 Å². The summed E-state index contributed by atoms with van der Waals surface area (Å²) < 4.78 is 68.5. The summed E-state index contributed by atoms with van der Waals surface area (Å²) in [6.45, 7) is 11.9. The normalized spacial score (nSPS) is 14.6. The fourth-order valence-electron chi connectivity index (χ4n) is 11.5. The van der Waals surface area contributed by atoms with E-state index in [1.54, 1.807) is 0 Å². The highest BCUT2D eigenvalue weighted by Gasteiger charge is 2.30. The Labute approximate surface area is 581 Å². The van der Waals surface area contributed by atoms with E-state index in [1.165, 1.54) is 193 Å². The van der Waals surface area contributed by atoms with Gasteiger partial charge < -0.3 is 33.8 Å². The van der Waals surface area contributed by atoms with Crippen molar-refractivity contribution in [3.05, 3.63) is 0 Å². The van der Waals surface area contributed by atoms with Crippen LogP contribution in [0, 0.1) is 17.8 Å². The Balaban J connectivity index is 5.25. The van der Waals surface area contributed by atoms with E-state index in [1.807, 2.05) is 0 Å². The van der Waals surface area contributed by atoms with Gasteiger partial charge in [-0.05, 0) is 43.4 Å². The molecule has 0 aliphatic heterocycles. The Bertz CT molecular complexity index is 1860. The molecule has 0 aliphatic carbocycles. The second-order valence-corrected chi connectivity index (χ2v) is 31.3. The molecule has 0 aromatic carbocycles. The maximum Gasteiger partial charge on any atom is 0.472 e. The predicted octanol–water partition coefficient (Wildman–Crippen LogP) is 22.2. The Morgan fingerprint density at radius 3 is 0.800 bits per heavy atom. The summed E-state index contributed by atoms with van der Waals surface area (Å²) in [5.74, 6) is 0.184. The fraction of sp³-hybridized carbons (Fsp3) is 0.947. The molecule has 0 heterocycles. The lowest BCUT2D eigenvalue weighted by atomic mass is 9.99. The molecule has 0 saturated heterocycles. The molecule has 4 unspecified atom stereocenters. The third-order valence-electron chi connectivity index (χ3n) is 18.4. The maximum absolute atomic E-state index is 13.1. The lowest BCUT2D eigenvalue weighted by Gasteiger charge is -2.21. The van der Waals surface area contributed by atoms with E-state index in [2.05, 4.69) is 48.5 Å². The van der Waals surface area contributed by atoms with Crippen LogP contribution < -0.4 is 0 Å². The molecule has 17 nitrogen and oxygen atoms in total. The van der Waals surface area contributed by atoms with Crippen molar-refractivity contribution in [2.75, 3.05) is 39.6 Å². The van der Waals surface area contributed by atoms with Crippen LogP contribution in [0.5, 0.6) is 0 Å². The number of carbonyl (C=O) groups excluding carboxylic acids is 4. The molecule has 0 aromatic heterocycles. The molecule has 19 heteroatoms. The molecule has 0 fully saturated rings. The van der Waals surface area contributed by atoms with Crippen LogP contribution in [0.1, 0.15) is 389 Å². The number of carbonyl (C=O) groups is 4. The number of phosphoric acid groups is 2. The first-order chi connectivity index (χ1) is 45.8. The van der Waals surface area contributed by atoms with Gasteiger partial charge in [-0.2, -0.15) is 0 Å². The van der Waals surface area contributed by atoms with Crippen LogP contribution in [0.2, 0.25) is 0 Å². The maximum atomic E-state index is 13.1. The molecular formula is C76H148O17P2. The van der Waals surface area contributed by atoms with Crippen molar-refractivity contribution in [2.45, 2.75) is 407 Å². The Kier molecular flexibility index (Phi) is 65.2. The van der Waals surface area contributed by atoms with E-state index < -0.39 is 97.5 Å². The van der Waals surface area contributed by atoms with Crippen LogP contribution in [0.4, 0.5) is 0 Å². The molecule has 0 saturated carbocycles. The molecule has 95 heavy (non-hydrogen) atoms. The van der Waals surface area contributed by atoms with E-state index in [0.29, 0.717) is 25.7 Å². The Morgan fingerprint density at radius 1 is 0.305 bits per heavy atom. The van der Waals surface area contributed by atoms with Crippen LogP contribution in [-0.4, -0.2) is 96.7 Å². The average Bonchev–Trinajstić information content (AvgIpc) is 1.51. The first-order valence-electron chi connectivity index (χ1n) is 39.4. The number of esters is 4. The minimum absolute atomic E-state index is 0.104. The van der Waals surface area contributed by atoms with E-state index in [-0.39, 0.29) is 25.7 Å². The number of phosphoric ester groups is 2. The summed E-state index contributed by atoms with van der Waals surface area (Å²) in [6.07, 6.45) is 52.7. The Hall–Kier alpha value is -1.94. The standard InChI is InChI=1S/C76H148O17P2/c1-8-11-12-13-14-15-16-17-19-23-26-29-35-43-50-57-73(78)86-63-71(92-75(80)59-52-45-36-30-27-24-21-18-20-22-25-28-33-40-47-54-67(4)5)65-90-94(82,83)88-61-70(77)62-89-95(84,85)91-66-72(64-87-74(79)58-51-44-39-38-42-49-56-69(7)10-3)93-76(81)60-53-46-37-32-31-34-41-48-55-68(6)9-2/h67-72,77H,8-66H2,1-7H3,(H,82,83)(H,84,85)/t68?,69?,70-,71-,72-/m1/s1. The zero-order valence-corrected chi connectivity index (χ0v) is 63.9. The van der Waals surface area contributed by atoms with Crippen molar-refractivity contribution < 1.29 is 80.2 Å². The molecular weight excluding hydrogens is 1250 g/mol. The lowest BCUT2D eigenvalue weighted by molar-refractivity contribution is -0.161. The van der Waals surface area contributed by atoms with E-state index in [0.717, 1.165) is 114 Å². The summed E-state index contributed by atoms with van der Waals surface area (Å²) >= 11 is 0. The topological polar surface area (TPSA) is 237 Å². The van der Waals surface area contributed by atoms with Crippen LogP contribution in [0.3, 0.4) is 0 Å². The molecule has 0 rings (SSSR count). The van der Waals surface area contributed by atoms with Crippen molar-refractivity contribution >= 4 is 39.5 Å². The van der Waals surface area contributed by atoms with Gasteiger partial charge in [-0.1, -0.05) is 337 Å². The largest absolute Gasteiger partial charge is 0.472 e. The number of hydrogen-bond donors (Lipinski definition) is 3. The SMILES string of the molecule is CCCCCCCCCCCCCCCCCC(=O)OC[C@H](COP(=O)(O)OC[C@@H](O)COP(=O)(O)OC[C@@H](COC(=O)CCCCCCCCC(C)CC)OC(=O)CCCCCCCCCCC(C)CC)OC(=O)CCCCCCCCCCCCCCCCCC(C)C. The van der Waals surface area contributed by atoms with Crippen LogP contribution in [0.15, 0.2) is 0 Å². The second-order valence-electron chi connectivity index (χ2n) is 28.4. The van der Waals surface area contributed by atoms with Gasteiger partial charge in [-0.15, -0.1) is 0 Å². The van der Waals surface area contributed by atoms with E-state index >= 15 is 0 Å². The number of hydrogen-bond acceptors (Lipinski definition) is 15. The number of aliphatic hydroxyl groups is 1. The van der Waals surface area contributed by atoms with Gasteiger partial charge in [0, 0.05) is 25.7 Å².